The van der Waals surface area contributed by atoms with Crippen LogP contribution < -0.4 is 11.1 Å². The van der Waals surface area contributed by atoms with Crippen molar-refractivity contribution in [1.29, 1.82) is 0 Å². The zero-order chi connectivity index (χ0) is 15.3. The lowest BCUT2D eigenvalue weighted by Crippen LogP contribution is -2.44. The van der Waals surface area contributed by atoms with E-state index in [0.29, 0.717) is 0 Å². The molecule has 112 valence electrons. The summed E-state index contributed by atoms with van der Waals surface area (Å²) < 4.78 is 0. The van der Waals surface area contributed by atoms with Crippen molar-refractivity contribution < 1.29 is 4.79 Å². The standard InChI is InChI=1S/C17H28N2O/c1-12(19-16(20)13(2)14(3)18)11-17(4,5)15-9-7-6-8-10-15/h6-10,12-14H,11,18H2,1-5H3,(H,19,20). The van der Waals surface area contributed by atoms with Crippen LogP contribution in [0.15, 0.2) is 30.3 Å². The van der Waals surface area contributed by atoms with Crippen molar-refractivity contribution in [3.63, 3.8) is 0 Å². The average molecular weight is 276 g/mol. The summed E-state index contributed by atoms with van der Waals surface area (Å²) in [6.07, 6.45) is 0.897. The third-order valence-corrected chi connectivity index (χ3v) is 3.96. The maximum absolute atomic E-state index is 12.0. The molecule has 0 radical (unpaired) electrons. The van der Waals surface area contributed by atoms with Gasteiger partial charge in [-0.25, -0.2) is 0 Å². The van der Waals surface area contributed by atoms with Gasteiger partial charge in [-0.2, -0.15) is 0 Å². The van der Waals surface area contributed by atoms with Crippen molar-refractivity contribution in [3.05, 3.63) is 35.9 Å². The second-order valence-corrected chi connectivity index (χ2v) is 6.51. The summed E-state index contributed by atoms with van der Waals surface area (Å²) in [5.74, 6) is -0.117. The predicted molar refractivity (Wildman–Crippen MR) is 84.5 cm³/mol. The Bertz CT molecular complexity index is 426. The highest BCUT2D eigenvalue weighted by Gasteiger charge is 2.25. The van der Waals surface area contributed by atoms with E-state index in [9.17, 15) is 4.79 Å². The van der Waals surface area contributed by atoms with Crippen LogP contribution in [0, 0.1) is 5.92 Å². The summed E-state index contributed by atoms with van der Waals surface area (Å²) in [5, 5.41) is 3.07. The maximum Gasteiger partial charge on any atom is 0.224 e. The number of hydrogen-bond donors (Lipinski definition) is 2. The fourth-order valence-corrected chi connectivity index (χ4v) is 2.44. The molecule has 0 aromatic heterocycles. The van der Waals surface area contributed by atoms with Crippen LogP contribution in [0.5, 0.6) is 0 Å². The van der Waals surface area contributed by atoms with E-state index in [2.05, 4.69) is 50.4 Å². The molecule has 0 bridgehead atoms. The van der Waals surface area contributed by atoms with Gasteiger partial charge in [0.15, 0.2) is 0 Å². The van der Waals surface area contributed by atoms with Crippen molar-refractivity contribution >= 4 is 5.91 Å². The first-order valence-corrected chi connectivity index (χ1v) is 7.35. The van der Waals surface area contributed by atoms with Gasteiger partial charge < -0.3 is 11.1 Å². The second-order valence-electron chi connectivity index (χ2n) is 6.51. The third kappa shape index (κ3) is 4.64. The highest BCUT2D eigenvalue weighted by molar-refractivity contribution is 5.79. The number of carbonyl (C=O) groups is 1. The Morgan fingerprint density at radius 3 is 2.25 bits per heavy atom. The van der Waals surface area contributed by atoms with Crippen LogP contribution in [0.4, 0.5) is 0 Å². The van der Waals surface area contributed by atoms with Crippen LogP contribution >= 0.6 is 0 Å². The number of carbonyl (C=O) groups excluding carboxylic acids is 1. The Kier molecular flexibility index (Phi) is 5.75. The quantitative estimate of drug-likeness (QED) is 0.839. The van der Waals surface area contributed by atoms with Crippen LogP contribution in [0.25, 0.3) is 0 Å². The van der Waals surface area contributed by atoms with E-state index >= 15 is 0 Å². The van der Waals surface area contributed by atoms with Gasteiger partial charge in [0.05, 0.1) is 0 Å². The van der Waals surface area contributed by atoms with E-state index < -0.39 is 0 Å². The Morgan fingerprint density at radius 2 is 1.75 bits per heavy atom. The first kappa shape index (κ1) is 16.7. The molecule has 0 aliphatic carbocycles. The van der Waals surface area contributed by atoms with E-state index in [0.717, 1.165) is 6.42 Å². The van der Waals surface area contributed by atoms with E-state index in [4.69, 9.17) is 5.73 Å². The predicted octanol–water partition coefficient (Wildman–Crippen LogP) is 2.84. The molecule has 0 aliphatic rings. The van der Waals surface area contributed by atoms with Gasteiger partial charge >= 0.3 is 0 Å². The Balaban J connectivity index is 2.62. The largest absolute Gasteiger partial charge is 0.353 e. The normalized spacial score (nSPS) is 16.3. The highest BCUT2D eigenvalue weighted by atomic mass is 16.1. The van der Waals surface area contributed by atoms with Gasteiger partial charge in [-0.15, -0.1) is 0 Å². The van der Waals surface area contributed by atoms with E-state index in [-0.39, 0.29) is 29.3 Å². The summed E-state index contributed by atoms with van der Waals surface area (Å²) >= 11 is 0. The summed E-state index contributed by atoms with van der Waals surface area (Å²) in [5.41, 5.74) is 7.10. The Morgan fingerprint density at radius 1 is 1.20 bits per heavy atom. The smallest absolute Gasteiger partial charge is 0.224 e. The lowest BCUT2D eigenvalue weighted by atomic mass is 9.79. The van der Waals surface area contributed by atoms with Crippen LogP contribution in [-0.4, -0.2) is 18.0 Å². The number of hydrogen-bond acceptors (Lipinski definition) is 2. The zero-order valence-electron chi connectivity index (χ0n) is 13.3. The van der Waals surface area contributed by atoms with Crippen LogP contribution in [-0.2, 0) is 10.2 Å². The molecule has 3 atom stereocenters. The molecule has 1 amide bonds. The van der Waals surface area contributed by atoms with Crippen molar-refractivity contribution in [2.24, 2.45) is 11.7 Å². The molecule has 3 N–H and O–H groups in total. The SMILES string of the molecule is CC(CC(C)(C)c1ccccc1)NC(=O)C(C)C(C)N. The number of amides is 1. The maximum atomic E-state index is 12.0. The van der Waals surface area contributed by atoms with Gasteiger partial charge in [-0.1, -0.05) is 51.1 Å². The van der Waals surface area contributed by atoms with Crippen molar-refractivity contribution in [3.8, 4) is 0 Å². The van der Waals surface area contributed by atoms with Crippen LogP contribution in [0.1, 0.15) is 46.6 Å². The topological polar surface area (TPSA) is 55.1 Å². The molecule has 0 aliphatic heterocycles. The minimum Gasteiger partial charge on any atom is -0.353 e. The van der Waals surface area contributed by atoms with E-state index in [1.165, 1.54) is 5.56 Å². The first-order valence-electron chi connectivity index (χ1n) is 7.35. The summed E-state index contributed by atoms with van der Waals surface area (Å²) in [4.78, 5) is 12.0. The van der Waals surface area contributed by atoms with Crippen LogP contribution in [0.3, 0.4) is 0 Å². The second kappa shape index (κ2) is 6.89. The monoisotopic (exact) mass is 276 g/mol. The Labute approximate surface area is 122 Å². The number of nitrogens with two attached hydrogens (primary N) is 1. The number of rotatable bonds is 6. The van der Waals surface area contributed by atoms with E-state index in [1.807, 2.05) is 19.9 Å². The lowest BCUT2D eigenvalue weighted by Gasteiger charge is -2.30. The molecular formula is C17H28N2O. The lowest BCUT2D eigenvalue weighted by molar-refractivity contribution is -0.125. The minimum atomic E-state index is -0.155. The molecule has 1 aromatic rings. The third-order valence-electron chi connectivity index (χ3n) is 3.96. The van der Waals surface area contributed by atoms with Gasteiger partial charge in [0.2, 0.25) is 5.91 Å². The number of nitrogens with one attached hydrogen (secondary N) is 1. The van der Waals surface area contributed by atoms with Crippen molar-refractivity contribution in [2.45, 2.75) is 58.5 Å². The van der Waals surface area contributed by atoms with Crippen molar-refractivity contribution in [1.82, 2.24) is 5.32 Å². The molecule has 1 rings (SSSR count). The van der Waals surface area contributed by atoms with Gasteiger partial charge in [0.1, 0.15) is 0 Å². The van der Waals surface area contributed by atoms with Gasteiger partial charge in [-0.3, -0.25) is 4.79 Å². The molecule has 3 nitrogen and oxygen atoms in total. The number of benzene rings is 1. The molecule has 0 heterocycles. The Hall–Kier alpha value is -1.35. The molecule has 3 heteroatoms. The fourth-order valence-electron chi connectivity index (χ4n) is 2.44. The molecule has 3 unspecified atom stereocenters. The molecular weight excluding hydrogens is 248 g/mol. The van der Waals surface area contributed by atoms with Gasteiger partial charge in [-0.05, 0) is 31.2 Å². The summed E-state index contributed by atoms with van der Waals surface area (Å²) in [6.45, 7) is 10.2. The first-order chi connectivity index (χ1) is 9.24. The van der Waals surface area contributed by atoms with Crippen LogP contribution in [0.2, 0.25) is 0 Å². The van der Waals surface area contributed by atoms with Gasteiger partial charge in [0.25, 0.3) is 0 Å². The molecule has 0 saturated heterocycles. The molecule has 20 heavy (non-hydrogen) atoms. The zero-order valence-corrected chi connectivity index (χ0v) is 13.3. The summed E-state index contributed by atoms with van der Waals surface area (Å²) in [6, 6.07) is 10.4. The molecule has 0 spiro atoms. The fraction of sp³-hybridized carbons (Fsp3) is 0.588. The average Bonchev–Trinajstić information content (AvgIpc) is 2.37. The summed E-state index contributed by atoms with van der Waals surface area (Å²) in [7, 11) is 0. The molecule has 0 fully saturated rings. The van der Waals surface area contributed by atoms with Gasteiger partial charge in [0, 0.05) is 18.0 Å². The van der Waals surface area contributed by atoms with Crippen molar-refractivity contribution in [2.75, 3.05) is 0 Å². The molecule has 1 aromatic carbocycles. The molecule has 0 saturated carbocycles. The van der Waals surface area contributed by atoms with E-state index in [1.54, 1.807) is 0 Å². The minimum absolute atomic E-state index is 0.0333. The highest BCUT2D eigenvalue weighted by Crippen LogP contribution is 2.28.